The Labute approximate surface area is 382 Å². The van der Waals surface area contributed by atoms with E-state index in [9.17, 15) is 0 Å². The van der Waals surface area contributed by atoms with Gasteiger partial charge in [-0.05, 0) is 76.3 Å². The second kappa shape index (κ2) is 17.6. The summed E-state index contributed by atoms with van der Waals surface area (Å²) in [6, 6.07) is 52.3. The van der Waals surface area contributed by atoms with Gasteiger partial charge in [0, 0.05) is 45.7 Å². The van der Waals surface area contributed by atoms with Crippen molar-refractivity contribution in [3.63, 3.8) is 0 Å². The topological polar surface area (TPSA) is 30.7 Å². The number of imidazole rings is 1. The average Bonchev–Trinajstić information content (AvgIpc) is 3.86. The van der Waals surface area contributed by atoms with Gasteiger partial charge in [-0.15, -0.1) is 46.8 Å². The van der Waals surface area contributed by atoms with Gasteiger partial charge in [-0.1, -0.05) is 167 Å². The predicted octanol–water partition coefficient (Wildman–Crippen LogP) is 15.1. The van der Waals surface area contributed by atoms with Crippen LogP contribution in [0.4, 0.5) is 0 Å². The second-order valence-electron chi connectivity index (χ2n) is 17.2. The maximum atomic E-state index is 7.28. The van der Waals surface area contributed by atoms with Crippen molar-refractivity contribution in [2.75, 3.05) is 0 Å². The van der Waals surface area contributed by atoms with E-state index in [0.29, 0.717) is 11.3 Å². The number of benzene rings is 6. The number of pyridine rings is 1. The van der Waals surface area contributed by atoms with Gasteiger partial charge in [-0.2, -0.15) is 0 Å². The van der Waals surface area contributed by atoms with E-state index < -0.39 is 13.7 Å². The van der Waals surface area contributed by atoms with Crippen LogP contribution in [0.1, 0.15) is 72.0 Å². The molecule has 1 radical (unpaired) electrons. The molecule has 0 bridgehead atoms. The van der Waals surface area contributed by atoms with Gasteiger partial charge >= 0.3 is 0 Å². The molecule has 6 aromatic carbocycles. The Morgan fingerprint density at radius 3 is 1.93 bits per heavy atom. The zero-order valence-corrected chi connectivity index (χ0v) is 37.9. The molecule has 0 saturated heterocycles. The maximum Gasteiger partial charge on any atom is 0.0774 e. The van der Waals surface area contributed by atoms with Gasteiger partial charge in [0.15, 0.2) is 0 Å². The standard InChI is InChI=1S/C42H39N2S.C13H12N.Ir/c1-41(2,3)26-28-21-22-32-35(27-45-38(32)23-28)40-43-36-19-13-14-20-37(36)44(40)39-33(29-15-9-7-10-16-29)24-31(42(4,5)6)25-34(39)30-17-11-8-12-18-30;1-10-3-6-12(7-4-10)13-8-5-11(2)9-14-13;/h7-25H,26H2,1-6H3;3-6,8-9H,1-2H3;/q2*-1;/i;1D3,2D3;. The third kappa shape index (κ3) is 9.30. The summed E-state index contributed by atoms with van der Waals surface area (Å²) >= 11 is 1.69. The molecule has 0 fully saturated rings. The van der Waals surface area contributed by atoms with Crippen molar-refractivity contribution in [2.45, 2.75) is 67.1 Å². The summed E-state index contributed by atoms with van der Waals surface area (Å²) in [6.45, 7) is 9.44. The Balaban J connectivity index is 0.000000260. The van der Waals surface area contributed by atoms with Crippen LogP contribution in [0.2, 0.25) is 0 Å². The van der Waals surface area contributed by atoms with Crippen LogP contribution in [0, 0.1) is 30.6 Å². The fourth-order valence-corrected chi connectivity index (χ4v) is 8.35. The first kappa shape index (κ1) is 35.3. The normalized spacial score (nSPS) is 13.5. The first-order valence-electron chi connectivity index (χ1n) is 22.9. The molecular formula is C55H51IrN3S-2. The van der Waals surface area contributed by atoms with Gasteiger partial charge < -0.3 is 9.55 Å². The van der Waals surface area contributed by atoms with E-state index in [4.69, 9.17) is 13.2 Å². The van der Waals surface area contributed by atoms with E-state index in [-0.39, 0.29) is 42.1 Å². The molecule has 0 aliphatic carbocycles. The number of hydrogen-bond acceptors (Lipinski definition) is 3. The molecule has 0 amide bonds. The Hall–Kier alpha value is -5.45. The largest absolute Gasteiger partial charge is 0.332 e. The van der Waals surface area contributed by atoms with Crippen molar-refractivity contribution in [1.29, 1.82) is 0 Å². The minimum absolute atomic E-state index is 0. The van der Waals surface area contributed by atoms with Crippen LogP contribution in [-0.4, -0.2) is 14.5 Å². The van der Waals surface area contributed by atoms with Crippen molar-refractivity contribution >= 4 is 32.5 Å². The van der Waals surface area contributed by atoms with E-state index in [2.05, 4.69) is 178 Å². The molecule has 0 spiro atoms. The van der Waals surface area contributed by atoms with Crippen LogP contribution >= 0.6 is 11.3 Å². The molecule has 303 valence electrons. The van der Waals surface area contributed by atoms with Crippen molar-refractivity contribution in [3.8, 4) is 50.6 Å². The zero-order chi connectivity index (χ0) is 46.3. The van der Waals surface area contributed by atoms with Crippen LogP contribution in [0.5, 0.6) is 0 Å². The van der Waals surface area contributed by atoms with Crippen molar-refractivity contribution < 1.29 is 28.3 Å². The molecule has 3 aromatic heterocycles. The van der Waals surface area contributed by atoms with Crippen LogP contribution in [0.15, 0.2) is 152 Å². The number of fused-ring (bicyclic) bond motifs is 2. The summed E-state index contributed by atoms with van der Waals surface area (Å²) in [5.41, 5.74) is 13.4. The van der Waals surface area contributed by atoms with Crippen molar-refractivity contribution in [1.82, 2.24) is 14.5 Å². The Bertz CT molecular complexity index is 2970. The maximum absolute atomic E-state index is 7.28. The molecule has 0 saturated carbocycles. The zero-order valence-electron chi connectivity index (χ0n) is 40.7. The molecule has 0 aliphatic heterocycles. The molecular weight excluding hydrogens is 927 g/mol. The fraction of sp³-hybridized carbons (Fsp3) is 0.200. The van der Waals surface area contributed by atoms with Gasteiger partial charge in [-0.3, -0.25) is 16.3 Å². The van der Waals surface area contributed by atoms with Crippen molar-refractivity contribution in [3.05, 3.63) is 185 Å². The molecule has 0 N–H and O–H groups in total. The summed E-state index contributed by atoms with van der Waals surface area (Å²) in [7, 11) is 0. The van der Waals surface area contributed by atoms with Gasteiger partial charge in [-0.25, -0.2) is 0 Å². The van der Waals surface area contributed by atoms with Gasteiger partial charge in [0.1, 0.15) is 0 Å². The number of aryl methyl sites for hydroxylation is 2. The molecule has 5 heteroatoms. The third-order valence-electron chi connectivity index (χ3n) is 10.3. The van der Waals surface area contributed by atoms with E-state index >= 15 is 0 Å². The van der Waals surface area contributed by atoms with Crippen LogP contribution in [0.3, 0.4) is 0 Å². The summed E-state index contributed by atoms with van der Waals surface area (Å²) in [5, 5.41) is 4.90. The predicted molar refractivity (Wildman–Crippen MR) is 251 cm³/mol. The Kier molecular flexibility index (Phi) is 10.4. The van der Waals surface area contributed by atoms with Crippen LogP contribution in [-0.2, 0) is 31.9 Å². The molecule has 9 rings (SSSR count). The average molecular weight is 984 g/mol. The minimum atomic E-state index is -2.18. The Morgan fingerprint density at radius 1 is 0.700 bits per heavy atom. The van der Waals surface area contributed by atoms with E-state index in [0.717, 1.165) is 34.5 Å². The monoisotopic (exact) mass is 984 g/mol. The molecule has 3 heterocycles. The van der Waals surface area contributed by atoms with Gasteiger partial charge in [0.25, 0.3) is 0 Å². The molecule has 0 unspecified atom stereocenters. The summed E-state index contributed by atoms with van der Waals surface area (Å²) < 4.78 is 47.3. The number of para-hydroxylation sites is 2. The minimum Gasteiger partial charge on any atom is -0.332 e. The number of thiophene rings is 1. The van der Waals surface area contributed by atoms with E-state index in [1.807, 2.05) is 0 Å². The number of hydrogen-bond donors (Lipinski definition) is 0. The molecule has 0 aliphatic rings. The first-order chi connectivity index (χ1) is 30.7. The smallest absolute Gasteiger partial charge is 0.0774 e. The van der Waals surface area contributed by atoms with Crippen LogP contribution in [0.25, 0.3) is 71.7 Å². The summed E-state index contributed by atoms with van der Waals surface area (Å²) in [5.74, 6) is 0.920. The van der Waals surface area contributed by atoms with Crippen LogP contribution < -0.4 is 0 Å². The second-order valence-corrected chi connectivity index (χ2v) is 18.1. The van der Waals surface area contributed by atoms with Crippen molar-refractivity contribution in [2.24, 2.45) is 5.41 Å². The molecule has 3 nitrogen and oxygen atoms in total. The number of rotatable bonds is 6. The SMILES string of the molecule is CC(C)(C)Cc1ccc2c(-c3nc4ccccc4n3-c3c(-c4ccccc4)cc(C(C)(C)C)cc3-c3ccccc3)[c-]sc2c1.[2H]C([2H])([2H])c1c[c-]c(-c2ccc(C([2H])([2H])[2H])cn2)cc1.[Ir]. The van der Waals surface area contributed by atoms with E-state index in [1.54, 1.807) is 23.5 Å². The molecule has 0 atom stereocenters. The Morgan fingerprint density at radius 2 is 1.35 bits per heavy atom. The summed E-state index contributed by atoms with van der Waals surface area (Å²) in [6.07, 6.45) is 2.34. The summed E-state index contributed by atoms with van der Waals surface area (Å²) in [4.78, 5) is 9.42. The number of nitrogens with zero attached hydrogens (tertiary/aromatic N) is 3. The van der Waals surface area contributed by atoms with E-state index in [1.165, 1.54) is 67.9 Å². The van der Waals surface area contributed by atoms with Gasteiger partial charge in [0.2, 0.25) is 0 Å². The third-order valence-corrected chi connectivity index (χ3v) is 11.2. The molecule has 9 aromatic rings. The van der Waals surface area contributed by atoms with Gasteiger partial charge in [0.05, 0.1) is 22.5 Å². The fourth-order valence-electron chi connectivity index (χ4n) is 7.45. The molecule has 60 heavy (non-hydrogen) atoms. The first-order valence-corrected chi connectivity index (χ1v) is 20.8. The number of aromatic nitrogens is 3. The quantitative estimate of drug-likeness (QED) is 0.155.